The van der Waals surface area contributed by atoms with Gasteiger partial charge in [-0.1, -0.05) is 20.3 Å². The number of likely N-dealkylation sites (tertiary alicyclic amines) is 1. The summed E-state index contributed by atoms with van der Waals surface area (Å²) in [6.07, 6.45) is 4.35. The van der Waals surface area contributed by atoms with Crippen molar-refractivity contribution in [1.82, 2.24) is 10.2 Å². The van der Waals surface area contributed by atoms with E-state index in [9.17, 15) is 9.59 Å². The highest BCUT2D eigenvalue weighted by Gasteiger charge is 2.35. The minimum absolute atomic E-state index is 0.0892. The van der Waals surface area contributed by atoms with Gasteiger partial charge in [0, 0.05) is 19.1 Å². The Kier molecular flexibility index (Phi) is 4.02. The lowest BCUT2D eigenvalue weighted by Crippen LogP contribution is -2.50. The normalized spacial score (nSPS) is 30.1. The van der Waals surface area contributed by atoms with Crippen molar-refractivity contribution in [1.29, 1.82) is 0 Å². The summed E-state index contributed by atoms with van der Waals surface area (Å²) in [7, 11) is 0. The second-order valence-corrected chi connectivity index (χ2v) is 6.58. The lowest BCUT2D eigenvalue weighted by atomic mass is 9.83. The van der Waals surface area contributed by atoms with E-state index in [2.05, 4.69) is 19.2 Å². The predicted octanol–water partition coefficient (Wildman–Crippen LogP) is 2.07. The number of hydrogen-bond donors (Lipinski definition) is 2. The number of hydrogen-bond acceptors (Lipinski definition) is 2. The van der Waals surface area contributed by atoms with Gasteiger partial charge >= 0.3 is 12.0 Å². The van der Waals surface area contributed by atoms with E-state index >= 15 is 0 Å². The second kappa shape index (κ2) is 5.39. The molecule has 5 nitrogen and oxygen atoms in total. The van der Waals surface area contributed by atoms with Crippen LogP contribution in [0.2, 0.25) is 0 Å². The highest BCUT2D eigenvalue weighted by molar-refractivity contribution is 5.77. The first-order valence-corrected chi connectivity index (χ1v) is 7.17. The number of urea groups is 1. The molecule has 19 heavy (non-hydrogen) atoms. The second-order valence-electron chi connectivity index (χ2n) is 6.58. The molecular weight excluding hydrogens is 244 g/mol. The highest BCUT2D eigenvalue weighted by Crippen LogP contribution is 2.30. The van der Waals surface area contributed by atoms with Gasteiger partial charge in [-0.05, 0) is 31.1 Å². The van der Waals surface area contributed by atoms with E-state index in [1.807, 2.05) is 4.90 Å². The minimum atomic E-state index is -0.789. The van der Waals surface area contributed by atoms with Gasteiger partial charge in [-0.3, -0.25) is 4.79 Å². The zero-order chi connectivity index (χ0) is 14.0. The van der Waals surface area contributed by atoms with E-state index < -0.39 is 11.9 Å². The summed E-state index contributed by atoms with van der Waals surface area (Å²) in [5.41, 5.74) is 0.313. The fraction of sp³-hybridized carbons (Fsp3) is 0.857. The van der Waals surface area contributed by atoms with Crippen LogP contribution in [0.3, 0.4) is 0 Å². The topological polar surface area (TPSA) is 69.6 Å². The lowest BCUT2D eigenvalue weighted by molar-refractivity contribution is -0.142. The molecular formula is C14H24N2O3. The van der Waals surface area contributed by atoms with Crippen molar-refractivity contribution in [2.45, 2.75) is 52.0 Å². The number of piperidine rings is 1. The molecule has 0 aromatic carbocycles. The molecule has 0 spiro atoms. The Bertz CT molecular complexity index is 358. The predicted molar refractivity (Wildman–Crippen MR) is 71.9 cm³/mol. The molecule has 2 rings (SSSR count). The van der Waals surface area contributed by atoms with Crippen LogP contribution in [0.4, 0.5) is 4.79 Å². The van der Waals surface area contributed by atoms with Crippen LogP contribution in [-0.4, -0.2) is 41.1 Å². The van der Waals surface area contributed by atoms with Crippen LogP contribution in [0, 0.1) is 11.3 Å². The van der Waals surface area contributed by atoms with Gasteiger partial charge in [0.25, 0.3) is 0 Å². The Morgan fingerprint density at radius 1 is 1.21 bits per heavy atom. The number of carbonyl (C=O) groups excluding carboxylic acids is 1. The number of amides is 2. The zero-order valence-corrected chi connectivity index (χ0v) is 11.8. The van der Waals surface area contributed by atoms with Crippen molar-refractivity contribution < 1.29 is 14.7 Å². The molecule has 0 radical (unpaired) electrons. The Labute approximate surface area is 114 Å². The van der Waals surface area contributed by atoms with E-state index in [-0.39, 0.29) is 12.1 Å². The summed E-state index contributed by atoms with van der Waals surface area (Å²) < 4.78 is 0. The largest absolute Gasteiger partial charge is 0.481 e. The van der Waals surface area contributed by atoms with Gasteiger partial charge < -0.3 is 15.3 Å². The molecule has 1 saturated heterocycles. The number of nitrogens with zero attached hydrogens (tertiary/aromatic N) is 1. The van der Waals surface area contributed by atoms with Gasteiger partial charge in [-0.2, -0.15) is 0 Å². The molecule has 0 bridgehead atoms. The van der Waals surface area contributed by atoms with Gasteiger partial charge in [0.1, 0.15) is 0 Å². The molecule has 0 aromatic heterocycles. The van der Waals surface area contributed by atoms with Gasteiger partial charge in [0.2, 0.25) is 0 Å². The maximum atomic E-state index is 12.2. The van der Waals surface area contributed by atoms with Crippen LogP contribution in [0.1, 0.15) is 46.0 Å². The first kappa shape index (κ1) is 14.2. The Morgan fingerprint density at radius 3 is 2.42 bits per heavy atom. The zero-order valence-electron chi connectivity index (χ0n) is 11.8. The molecule has 2 fully saturated rings. The average molecular weight is 268 g/mol. The third-order valence-electron chi connectivity index (χ3n) is 4.55. The van der Waals surface area contributed by atoms with E-state index in [0.717, 1.165) is 38.8 Å². The quantitative estimate of drug-likeness (QED) is 0.805. The molecule has 1 heterocycles. The average Bonchev–Trinajstić information content (AvgIpc) is 2.77. The maximum absolute atomic E-state index is 12.2. The van der Waals surface area contributed by atoms with E-state index in [0.29, 0.717) is 11.8 Å². The number of carboxylic acid groups (broad SMARTS) is 1. The summed E-state index contributed by atoms with van der Waals surface area (Å²) in [5, 5.41) is 12.0. The van der Waals surface area contributed by atoms with Crippen LogP contribution in [0.5, 0.6) is 0 Å². The Balaban J connectivity index is 1.86. The SMILES string of the molecule is CC1(C)CCN(C(=O)NC2CCCC2C(=O)O)CC1. The standard InChI is InChI=1S/C14H24N2O3/c1-14(2)6-8-16(9-7-14)13(19)15-11-5-3-4-10(11)12(17)18/h10-11H,3-9H2,1-2H3,(H,15,19)(H,17,18). The van der Waals surface area contributed by atoms with E-state index in [1.165, 1.54) is 0 Å². The first-order chi connectivity index (χ1) is 8.89. The van der Waals surface area contributed by atoms with Gasteiger partial charge in [0.15, 0.2) is 0 Å². The maximum Gasteiger partial charge on any atom is 0.317 e. The lowest BCUT2D eigenvalue weighted by Gasteiger charge is -2.37. The van der Waals surface area contributed by atoms with Gasteiger partial charge in [-0.15, -0.1) is 0 Å². The number of carbonyl (C=O) groups is 2. The molecule has 2 unspecified atom stereocenters. The molecule has 1 saturated carbocycles. The molecule has 108 valence electrons. The van der Waals surface area contributed by atoms with Crippen molar-refractivity contribution in [3.63, 3.8) is 0 Å². The smallest absolute Gasteiger partial charge is 0.317 e. The number of nitrogens with one attached hydrogen (secondary N) is 1. The van der Waals surface area contributed by atoms with Crippen LogP contribution < -0.4 is 5.32 Å². The van der Waals surface area contributed by atoms with Gasteiger partial charge in [0.05, 0.1) is 5.92 Å². The van der Waals surface area contributed by atoms with Crippen LogP contribution in [-0.2, 0) is 4.79 Å². The van der Waals surface area contributed by atoms with Crippen molar-refractivity contribution in [2.24, 2.45) is 11.3 Å². The molecule has 1 aliphatic carbocycles. The molecule has 0 aromatic rings. The number of aliphatic carboxylic acids is 1. The van der Waals surface area contributed by atoms with Crippen LogP contribution >= 0.6 is 0 Å². The van der Waals surface area contributed by atoms with E-state index in [1.54, 1.807) is 0 Å². The molecule has 2 aliphatic rings. The molecule has 2 N–H and O–H groups in total. The third-order valence-corrected chi connectivity index (χ3v) is 4.55. The highest BCUT2D eigenvalue weighted by atomic mass is 16.4. The van der Waals surface area contributed by atoms with Crippen molar-refractivity contribution in [3.05, 3.63) is 0 Å². The number of carboxylic acids is 1. The molecule has 2 atom stereocenters. The summed E-state index contributed by atoms with van der Waals surface area (Å²) in [6.45, 7) is 5.98. The minimum Gasteiger partial charge on any atom is -0.481 e. The van der Waals surface area contributed by atoms with Gasteiger partial charge in [-0.25, -0.2) is 4.79 Å². The van der Waals surface area contributed by atoms with Crippen molar-refractivity contribution in [3.8, 4) is 0 Å². The van der Waals surface area contributed by atoms with Crippen LogP contribution in [0.25, 0.3) is 0 Å². The fourth-order valence-corrected chi connectivity index (χ4v) is 2.99. The summed E-state index contributed by atoms with van der Waals surface area (Å²) in [4.78, 5) is 25.1. The first-order valence-electron chi connectivity index (χ1n) is 7.17. The Morgan fingerprint density at radius 2 is 1.84 bits per heavy atom. The van der Waals surface area contributed by atoms with Crippen molar-refractivity contribution in [2.75, 3.05) is 13.1 Å². The Hall–Kier alpha value is -1.26. The monoisotopic (exact) mass is 268 g/mol. The van der Waals surface area contributed by atoms with Crippen molar-refractivity contribution >= 4 is 12.0 Å². The number of rotatable bonds is 2. The third kappa shape index (κ3) is 3.39. The molecule has 5 heteroatoms. The molecule has 2 amide bonds. The molecule has 1 aliphatic heterocycles. The van der Waals surface area contributed by atoms with Crippen LogP contribution in [0.15, 0.2) is 0 Å². The van der Waals surface area contributed by atoms with E-state index in [4.69, 9.17) is 5.11 Å². The summed E-state index contributed by atoms with van der Waals surface area (Å²) in [5.74, 6) is -1.20. The fourth-order valence-electron chi connectivity index (χ4n) is 2.99. The summed E-state index contributed by atoms with van der Waals surface area (Å²) >= 11 is 0. The summed E-state index contributed by atoms with van der Waals surface area (Å²) in [6, 6.07) is -0.284.